The van der Waals surface area contributed by atoms with Crippen molar-refractivity contribution in [1.82, 2.24) is 5.43 Å². The standard InChI is InChI=1S/C21H25BrN2O2/c1-15(2)18-9-7-17(8-10-18)14-23-24-21(25)5-4-12-26-20-11-6-16(3)13-19(20)22/h6-11,13-15H,4-5,12H2,1-3H3,(H,24,25)/b23-14+. The van der Waals surface area contributed by atoms with Gasteiger partial charge in [-0.25, -0.2) is 5.43 Å². The van der Waals surface area contributed by atoms with Crippen LogP contribution in [0.25, 0.3) is 0 Å². The second-order valence-electron chi connectivity index (χ2n) is 6.50. The third kappa shape index (κ3) is 6.64. The van der Waals surface area contributed by atoms with Crippen LogP contribution in [-0.4, -0.2) is 18.7 Å². The Bertz CT molecular complexity index is 755. The SMILES string of the molecule is Cc1ccc(OCCCC(=O)N/N=C/c2ccc(C(C)C)cc2)c(Br)c1. The largest absolute Gasteiger partial charge is 0.492 e. The predicted octanol–water partition coefficient (Wildman–Crippen LogP) is 5.19. The summed E-state index contributed by atoms with van der Waals surface area (Å²) in [6.07, 6.45) is 2.65. The molecule has 0 unspecified atom stereocenters. The molecule has 0 fully saturated rings. The molecule has 0 aromatic heterocycles. The summed E-state index contributed by atoms with van der Waals surface area (Å²) >= 11 is 3.47. The minimum absolute atomic E-state index is 0.119. The van der Waals surface area contributed by atoms with Gasteiger partial charge in [0.25, 0.3) is 0 Å². The van der Waals surface area contributed by atoms with Crippen LogP contribution in [0.15, 0.2) is 52.0 Å². The average molecular weight is 417 g/mol. The maximum absolute atomic E-state index is 11.8. The first kappa shape index (κ1) is 20.2. The Morgan fingerprint density at radius 2 is 1.96 bits per heavy atom. The molecule has 0 aliphatic heterocycles. The number of halogens is 1. The van der Waals surface area contributed by atoms with E-state index in [1.54, 1.807) is 6.21 Å². The van der Waals surface area contributed by atoms with Crippen molar-refractivity contribution in [3.8, 4) is 5.75 Å². The van der Waals surface area contributed by atoms with Crippen LogP contribution < -0.4 is 10.2 Å². The molecule has 0 saturated carbocycles. The number of carbonyl (C=O) groups is 1. The number of carbonyl (C=O) groups excluding carboxylic acids is 1. The van der Waals surface area contributed by atoms with Crippen LogP contribution in [0.2, 0.25) is 0 Å². The summed E-state index contributed by atoms with van der Waals surface area (Å²) in [4.78, 5) is 11.8. The van der Waals surface area contributed by atoms with Crippen molar-refractivity contribution < 1.29 is 9.53 Å². The Labute approximate surface area is 163 Å². The van der Waals surface area contributed by atoms with Gasteiger partial charge in [-0.2, -0.15) is 5.10 Å². The van der Waals surface area contributed by atoms with E-state index in [1.807, 2.05) is 37.3 Å². The third-order valence-corrected chi connectivity index (χ3v) is 4.52. The van der Waals surface area contributed by atoms with Crippen LogP contribution in [0.3, 0.4) is 0 Å². The molecule has 0 saturated heterocycles. The molecule has 0 radical (unpaired) electrons. The summed E-state index contributed by atoms with van der Waals surface area (Å²) in [6.45, 7) is 6.82. The normalized spacial score (nSPS) is 11.1. The van der Waals surface area contributed by atoms with Crippen LogP contribution in [0, 0.1) is 6.92 Å². The van der Waals surface area contributed by atoms with E-state index in [9.17, 15) is 4.79 Å². The number of nitrogens with one attached hydrogen (secondary N) is 1. The highest BCUT2D eigenvalue weighted by atomic mass is 79.9. The highest BCUT2D eigenvalue weighted by Gasteiger charge is 2.03. The minimum atomic E-state index is -0.119. The van der Waals surface area contributed by atoms with Gasteiger partial charge >= 0.3 is 0 Å². The van der Waals surface area contributed by atoms with Gasteiger partial charge in [0.1, 0.15) is 5.75 Å². The first-order valence-corrected chi connectivity index (χ1v) is 9.56. The Morgan fingerprint density at radius 1 is 1.23 bits per heavy atom. The Hall–Kier alpha value is -2.14. The van der Waals surface area contributed by atoms with Gasteiger partial charge in [-0.05, 0) is 64.0 Å². The first-order valence-electron chi connectivity index (χ1n) is 8.76. The number of rotatable bonds is 8. The van der Waals surface area contributed by atoms with Gasteiger partial charge in [0.2, 0.25) is 5.91 Å². The molecule has 5 heteroatoms. The van der Waals surface area contributed by atoms with Crippen LogP contribution in [0.1, 0.15) is 49.3 Å². The zero-order valence-corrected chi connectivity index (χ0v) is 17.0. The molecule has 1 amide bonds. The lowest BCUT2D eigenvalue weighted by Gasteiger charge is -2.08. The summed E-state index contributed by atoms with van der Waals surface area (Å²) in [5.74, 6) is 1.17. The van der Waals surface area contributed by atoms with Gasteiger partial charge in [0.15, 0.2) is 0 Å². The highest BCUT2D eigenvalue weighted by molar-refractivity contribution is 9.10. The Morgan fingerprint density at radius 3 is 2.62 bits per heavy atom. The maximum atomic E-state index is 11.8. The number of aryl methyl sites for hydroxylation is 1. The highest BCUT2D eigenvalue weighted by Crippen LogP contribution is 2.25. The van der Waals surface area contributed by atoms with Gasteiger partial charge in [-0.3, -0.25) is 4.79 Å². The Balaban J connectivity index is 1.68. The Kier molecular flexibility index (Phi) is 7.85. The fourth-order valence-corrected chi connectivity index (χ4v) is 2.95. The summed E-state index contributed by atoms with van der Waals surface area (Å²) in [5.41, 5.74) is 5.96. The summed E-state index contributed by atoms with van der Waals surface area (Å²) in [7, 11) is 0. The number of nitrogens with zero attached hydrogens (tertiary/aromatic N) is 1. The first-order chi connectivity index (χ1) is 12.5. The van der Waals surface area contributed by atoms with Gasteiger partial charge in [-0.15, -0.1) is 0 Å². The predicted molar refractivity (Wildman–Crippen MR) is 110 cm³/mol. The summed E-state index contributed by atoms with van der Waals surface area (Å²) in [5, 5.41) is 4.00. The van der Waals surface area contributed by atoms with Gasteiger partial charge < -0.3 is 4.74 Å². The molecule has 2 aromatic rings. The molecule has 2 rings (SSSR count). The van der Waals surface area contributed by atoms with E-state index in [4.69, 9.17) is 4.74 Å². The zero-order chi connectivity index (χ0) is 18.9. The fourth-order valence-electron chi connectivity index (χ4n) is 2.34. The zero-order valence-electron chi connectivity index (χ0n) is 15.5. The number of amides is 1. The molecular weight excluding hydrogens is 392 g/mol. The van der Waals surface area contributed by atoms with E-state index in [-0.39, 0.29) is 5.91 Å². The number of hydrogen-bond donors (Lipinski definition) is 1. The van der Waals surface area contributed by atoms with E-state index in [2.05, 4.69) is 52.4 Å². The lowest BCUT2D eigenvalue weighted by Crippen LogP contribution is -2.18. The van der Waals surface area contributed by atoms with Gasteiger partial charge in [0, 0.05) is 6.42 Å². The number of benzene rings is 2. The van der Waals surface area contributed by atoms with Crippen molar-refractivity contribution in [3.05, 3.63) is 63.6 Å². The smallest absolute Gasteiger partial charge is 0.240 e. The summed E-state index contributed by atoms with van der Waals surface area (Å²) < 4.78 is 6.61. The number of ether oxygens (including phenoxy) is 1. The fraction of sp³-hybridized carbons (Fsp3) is 0.333. The number of hydrazone groups is 1. The minimum Gasteiger partial charge on any atom is -0.492 e. The van der Waals surface area contributed by atoms with Crippen molar-refractivity contribution in [2.75, 3.05) is 6.61 Å². The van der Waals surface area contributed by atoms with Gasteiger partial charge in [-0.1, -0.05) is 44.2 Å². The van der Waals surface area contributed by atoms with Gasteiger partial charge in [0.05, 0.1) is 17.3 Å². The molecule has 0 aliphatic carbocycles. The van der Waals surface area contributed by atoms with E-state index < -0.39 is 0 Å². The maximum Gasteiger partial charge on any atom is 0.240 e. The molecule has 1 N–H and O–H groups in total. The second kappa shape index (κ2) is 10.1. The molecule has 0 heterocycles. The molecule has 4 nitrogen and oxygen atoms in total. The molecule has 0 aliphatic rings. The molecule has 0 atom stereocenters. The van der Waals surface area contributed by atoms with Crippen molar-refractivity contribution in [1.29, 1.82) is 0 Å². The number of hydrogen-bond acceptors (Lipinski definition) is 3. The van der Waals surface area contributed by atoms with Crippen molar-refractivity contribution >= 4 is 28.1 Å². The van der Waals surface area contributed by atoms with E-state index in [0.29, 0.717) is 25.4 Å². The molecular formula is C21H25BrN2O2. The topological polar surface area (TPSA) is 50.7 Å². The molecule has 0 bridgehead atoms. The molecule has 138 valence electrons. The third-order valence-electron chi connectivity index (χ3n) is 3.90. The molecule has 2 aromatic carbocycles. The van der Waals surface area contributed by atoms with Crippen LogP contribution in [0.5, 0.6) is 5.75 Å². The quantitative estimate of drug-likeness (QED) is 0.365. The second-order valence-corrected chi connectivity index (χ2v) is 7.35. The van der Waals surface area contributed by atoms with Crippen LogP contribution >= 0.6 is 15.9 Å². The summed E-state index contributed by atoms with van der Waals surface area (Å²) in [6, 6.07) is 14.1. The average Bonchev–Trinajstić information content (AvgIpc) is 2.60. The van der Waals surface area contributed by atoms with Crippen LogP contribution in [-0.2, 0) is 4.79 Å². The van der Waals surface area contributed by atoms with E-state index in [1.165, 1.54) is 11.1 Å². The van der Waals surface area contributed by atoms with Crippen molar-refractivity contribution in [3.63, 3.8) is 0 Å². The lowest BCUT2D eigenvalue weighted by molar-refractivity contribution is -0.121. The lowest BCUT2D eigenvalue weighted by atomic mass is 10.0. The van der Waals surface area contributed by atoms with Crippen LogP contribution in [0.4, 0.5) is 0 Å². The van der Waals surface area contributed by atoms with Crippen molar-refractivity contribution in [2.45, 2.75) is 39.5 Å². The molecule has 0 spiro atoms. The van der Waals surface area contributed by atoms with E-state index >= 15 is 0 Å². The van der Waals surface area contributed by atoms with Crippen molar-refractivity contribution in [2.24, 2.45) is 5.10 Å². The van der Waals surface area contributed by atoms with E-state index in [0.717, 1.165) is 15.8 Å². The monoisotopic (exact) mass is 416 g/mol. The molecule has 26 heavy (non-hydrogen) atoms.